The van der Waals surface area contributed by atoms with Crippen molar-refractivity contribution in [3.05, 3.63) is 0 Å². The van der Waals surface area contributed by atoms with Crippen molar-refractivity contribution in [2.45, 2.75) is 60.3 Å². The smallest absolute Gasteiger partial charge is 0.413 e. The minimum Gasteiger partial charge on any atom is -0.450 e. The van der Waals surface area contributed by atoms with Gasteiger partial charge in [-0.25, -0.2) is 4.79 Å². The minimum atomic E-state index is -0.752. The SMILES string of the molecule is CCOC(=O)NC(=O)C1CCSC1NC(=O)C1NC2NC(C)C(Cl)CC2S1. The van der Waals surface area contributed by atoms with Crippen LogP contribution in [0.1, 0.15) is 26.7 Å². The number of alkyl carbamates (subject to hydrolysis) is 1. The fraction of sp³-hybridized carbons (Fsp3) is 0.812. The molecule has 0 spiro atoms. The van der Waals surface area contributed by atoms with Gasteiger partial charge in [0.1, 0.15) is 5.37 Å². The molecule has 3 aliphatic rings. The second-order valence-corrected chi connectivity index (χ2v) is 9.97. The summed E-state index contributed by atoms with van der Waals surface area (Å²) in [5, 5.41) is 11.4. The molecule has 0 aromatic rings. The van der Waals surface area contributed by atoms with Gasteiger partial charge in [-0.05, 0) is 32.4 Å². The van der Waals surface area contributed by atoms with Gasteiger partial charge < -0.3 is 10.1 Å². The fourth-order valence-electron chi connectivity index (χ4n) is 3.44. The van der Waals surface area contributed by atoms with E-state index in [1.807, 2.05) is 6.92 Å². The van der Waals surface area contributed by atoms with Crippen LogP contribution in [0.25, 0.3) is 0 Å². The van der Waals surface area contributed by atoms with Gasteiger partial charge in [0.2, 0.25) is 11.8 Å². The molecule has 0 aliphatic carbocycles. The Morgan fingerprint density at radius 2 is 2.04 bits per heavy atom. The van der Waals surface area contributed by atoms with Crippen LogP contribution >= 0.6 is 35.1 Å². The molecule has 8 nitrogen and oxygen atoms in total. The summed E-state index contributed by atoms with van der Waals surface area (Å²) in [4.78, 5) is 36.5. The summed E-state index contributed by atoms with van der Waals surface area (Å²) in [5.74, 6) is -0.273. The largest absolute Gasteiger partial charge is 0.450 e. The van der Waals surface area contributed by atoms with Gasteiger partial charge in [-0.2, -0.15) is 0 Å². The van der Waals surface area contributed by atoms with Crippen LogP contribution in [0.4, 0.5) is 4.79 Å². The molecule has 11 heteroatoms. The Kier molecular flexibility index (Phi) is 7.18. The lowest BCUT2D eigenvalue weighted by Gasteiger charge is -2.34. The molecule has 0 bridgehead atoms. The van der Waals surface area contributed by atoms with Crippen LogP contribution in [0.15, 0.2) is 0 Å². The molecule has 0 radical (unpaired) electrons. The number of halogens is 1. The molecule has 0 aromatic carbocycles. The Morgan fingerprint density at radius 3 is 2.78 bits per heavy atom. The quantitative estimate of drug-likeness (QED) is 0.479. The normalized spacial score (nSPS) is 38.1. The number of fused-ring (bicyclic) bond motifs is 1. The summed E-state index contributed by atoms with van der Waals surface area (Å²) < 4.78 is 4.75. The molecule has 7 unspecified atom stereocenters. The predicted molar refractivity (Wildman–Crippen MR) is 107 cm³/mol. The zero-order valence-electron chi connectivity index (χ0n) is 15.2. The number of hydrogen-bond donors (Lipinski definition) is 4. The van der Waals surface area contributed by atoms with Gasteiger partial charge in [0.05, 0.1) is 24.1 Å². The second-order valence-electron chi connectivity index (χ2n) is 6.81. The Morgan fingerprint density at radius 1 is 1.26 bits per heavy atom. The van der Waals surface area contributed by atoms with Crippen molar-refractivity contribution >= 4 is 53.0 Å². The summed E-state index contributed by atoms with van der Waals surface area (Å²) in [5.41, 5.74) is 0. The average molecular weight is 437 g/mol. The molecule has 3 amide bonds. The van der Waals surface area contributed by atoms with E-state index in [-0.39, 0.29) is 40.7 Å². The van der Waals surface area contributed by atoms with E-state index in [9.17, 15) is 14.4 Å². The van der Waals surface area contributed by atoms with Crippen LogP contribution in [-0.4, -0.2) is 63.8 Å². The number of nitrogens with one attached hydrogen (secondary N) is 4. The van der Waals surface area contributed by atoms with Gasteiger partial charge in [-0.15, -0.1) is 35.1 Å². The van der Waals surface area contributed by atoms with E-state index in [1.165, 1.54) is 11.8 Å². The third-order valence-electron chi connectivity index (χ3n) is 4.91. The fourth-order valence-corrected chi connectivity index (χ4v) is 6.54. The van der Waals surface area contributed by atoms with E-state index < -0.39 is 23.3 Å². The summed E-state index contributed by atoms with van der Waals surface area (Å²) in [6.45, 7) is 3.90. The van der Waals surface area contributed by atoms with E-state index in [1.54, 1.807) is 18.7 Å². The molecule has 3 heterocycles. The maximum atomic E-state index is 12.7. The van der Waals surface area contributed by atoms with E-state index in [0.717, 1.165) is 12.2 Å². The number of rotatable bonds is 4. The third kappa shape index (κ3) is 5.03. The highest BCUT2D eigenvalue weighted by molar-refractivity contribution is 8.01. The summed E-state index contributed by atoms with van der Waals surface area (Å²) in [7, 11) is 0. The first-order valence-corrected chi connectivity index (χ1v) is 11.5. The monoisotopic (exact) mass is 436 g/mol. The second kappa shape index (κ2) is 9.21. The predicted octanol–water partition coefficient (Wildman–Crippen LogP) is 0.801. The zero-order valence-corrected chi connectivity index (χ0v) is 17.6. The van der Waals surface area contributed by atoms with Crippen molar-refractivity contribution in [2.24, 2.45) is 5.92 Å². The Hall–Kier alpha value is -0.680. The van der Waals surface area contributed by atoms with Crippen molar-refractivity contribution in [3.8, 4) is 0 Å². The number of alkyl halides is 1. The number of imide groups is 1. The number of carbonyl (C=O) groups is 3. The Balaban J connectivity index is 1.53. The summed E-state index contributed by atoms with van der Waals surface area (Å²) in [6, 6.07) is 0.184. The molecule has 3 fully saturated rings. The maximum absolute atomic E-state index is 12.7. The van der Waals surface area contributed by atoms with Crippen LogP contribution in [0.5, 0.6) is 0 Å². The average Bonchev–Trinajstić information content (AvgIpc) is 3.22. The number of hydrogen-bond acceptors (Lipinski definition) is 8. The highest BCUT2D eigenvalue weighted by Gasteiger charge is 2.44. The highest BCUT2D eigenvalue weighted by Crippen LogP contribution is 2.36. The van der Waals surface area contributed by atoms with E-state index in [0.29, 0.717) is 6.42 Å². The number of piperidine rings is 1. The van der Waals surface area contributed by atoms with E-state index >= 15 is 0 Å². The number of ether oxygens (including phenoxy) is 1. The molecule has 0 aromatic heterocycles. The van der Waals surface area contributed by atoms with Gasteiger partial charge in [0.15, 0.2) is 0 Å². The van der Waals surface area contributed by atoms with Crippen LogP contribution in [0, 0.1) is 5.92 Å². The van der Waals surface area contributed by atoms with E-state index in [4.69, 9.17) is 16.3 Å². The first-order chi connectivity index (χ1) is 12.9. The topological polar surface area (TPSA) is 109 Å². The van der Waals surface area contributed by atoms with Crippen LogP contribution in [0.3, 0.4) is 0 Å². The maximum Gasteiger partial charge on any atom is 0.413 e. The molecule has 3 aliphatic heterocycles. The molecule has 3 saturated heterocycles. The third-order valence-corrected chi connectivity index (χ3v) is 8.18. The Labute approximate surface area is 172 Å². The van der Waals surface area contributed by atoms with Crippen molar-refractivity contribution in [2.75, 3.05) is 12.4 Å². The number of thioether (sulfide) groups is 2. The van der Waals surface area contributed by atoms with E-state index in [2.05, 4.69) is 21.3 Å². The van der Waals surface area contributed by atoms with Gasteiger partial charge >= 0.3 is 6.09 Å². The van der Waals surface area contributed by atoms with Crippen LogP contribution in [0.2, 0.25) is 0 Å². The molecule has 4 N–H and O–H groups in total. The standard InChI is InChI=1S/C16H25ClN4O4S2/c1-3-25-16(24)21-12(22)8-4-5-26-14(8)20-13(23)15-19-11-10(27-15)6-9(17)7(2)18-11/h7-11,14-15,18-19H,3-6H2,1-2H3,(H,20,23)(H,21,22,24). The molecular formula is C16H25ClN4O4S2. The lowest BCUT2D eigenvalue weighted by molar-refractivity contribution is -0.125. The molecule has 3 rings (SSSR count). The zero-order chi connectivity index (χ0) is 19.6. The lowest BCUT2D eigenvalue weighted by Crippen LogP contribution is -2.57. The van der Waals surface area contributed by atoms with Gasteiger partial charge in [-0.1, -0.05) is 0 Å². The van der Waals surface area contributed by atoms with Gasteiger partial charge in [0, 0.05) is 16.7 Å². The van der Waals surface area contributed by atoms with Gasteiger partial charge in [0.25, 0.3) is 0 Å². The first kappa shape index (κ1) is 21.0. The lowest BCUT2D eigenvalue weighted by atomic mass is 10.0. The summed E-state index contributed by atoms with van der Waals surface area (Å²) >= 11 is 9.41. The van der Waals surface area contributed by atoms with Crippen molar-refractivity contribution < 1.29 is 19.1 Å². The highest BCUT2D eigenvalue weighted by atomic mass is 35.5. The van der Waals surface area contributed by atoms with Crippen LogP contribution < -0.4 is 21.3 Å². The molecule has 27 heavy (non-hydrogen) atoms. The van der Waals surface area contributed by atoms with Gasteiger partial charge in [-0.3, -0.25) is 25.5 Å². The molecular weight excluding hydrogens is 412 g/mol. The first-order valence-electron chi connectivity index (χ1n) is 9.10. The Bertz CT molecular complexity index is 581. The molecule has 0 saturated carbocycles. The van der Waals surface area contributed by atoms with Crippen molar-refractivity contribution in [1.29, 1.82) is 0 Å². The van der Waals surface area contributed by atoms with Crippen molar-refractivity contribution in [1.82, 2.24) is 21.3 Å². The number of amides is 3. The summed E-state index contributed by atoms with van der Waals surface area (Å²) in [6.07, 6.45) is 0.738. The van der Waals surface area contributed by atoms with Crippen molar-refractivity contribution in [3.63, 3.8) is 0 Å². The molecule has 7 atom stereocenters. The minimum absolute atomic E-state index is 0.0451. The molecule has 152 valence electrons. The number of carbonyl (C=O) groups excluding carboxylic acids is 3. The van der Waals surface area contributed by atoms with Crippen LogP contribution in [-0.2, 0) is 14.3 Å².